The number of fused-ring (bicyclic) bond motifs is 5. The molecule has 0 aromatic carbocycles. The largest absolute Gasteiger partial charge is 0.379 e. The minimum absolute atomic E-state index is 0.00928. The number of carbonyl (C=O) groups excluding carboxylic acids is 2. The Bertz CT molecular complexity index is 1140. The molecule has 10 nitrogen and oxygen atoms in total. The molecule has 8 aliphatic rings. The average Bonchev–Trinajstić information content (AvgIpc) is 3.62. The summed E-state index contributed by atoms with van der Waals surface area (Å²) in [6, 6.07) is -0.663. The second kappa shape index (κ2) is 12.2. The van der Waals surface area contributed by atoms with Crippen molar-refractivity contribution in [1.82, 2.24) is 20.0 Å². The lowest BCUT2D eigenvalue weighted by atomic mass is 9.67. The van der Waals surface area contributed by atoms with Crippen molar-refractivity contribution in [3.05, 3.63) is 11.8 Å². The molecule has 8 rings (SSSR count). The van der Waals surface area contributed by atoms with Crippen molar-refractivity contribution in [1.29, 1.82) is 0 Å². The van der Waals surface area contributed by atoms with Gasteiger partial charge in [0.15, 0.2) is 5.78 Å². The van der Waals surface area contributed by atoms with Crippen molar-refractivity contribution in [2.24, 2.45) is 23.5 Å². The van der Waals surface area contributed by atoms with Gasteiger partial charge in [-0.1, -0.05) is 12.8 Å². The van der Waals surface area contributed by atoms with Crippen molar-refractivity contribution in [2.45, 2.75) is 113 Å². The van der Waals surface area contributed by atoms with Crippen LogP contribution < -0.4 is 11.1 Å². The summed E-state index contributed by atoms with van der Waals surface area (Å²) in [6.45, 7) is 6.08. The van der Waals surface area contributed by atoms with Crippen molar-refractivity contribution >= 4 is 11.7 Å². The molecule has 244 valence electrons. The summed E-state index contributed by atoms with van der Waals surface area (Å²) in [5, 5.41) is 3.02. The van der Waals surface area contributed by atoms with Crippen LogP contribution in [-0.2, 0) is 23.8 Å². The number of hydrogen-bond donors (Lipinski definition) is 2. The molecule has 44 heavy (non-hydrogen) atoms. The quantitative estimate of drug-likeness (QED) is 0.337. The minimum atomic E-state index is -1.21. The molecular weight excluding hydrogens is 565 g/mol. The number of nitrogens with zero attached hydrogens (tertiary/aromatic N) is 3. The highest BCUT2D eigenvalue weighted by Gasteiger charge is 2.62. The van der Waals surface area contributed by atoms with Crippen LogP contribution in [0, 0.1) is 17.8 Å². The van der Waals surface area contributed by atoms with Crippen LogP contribution in [0.25, 0.3) is 0 Å². The highest BCUT2D eigenvalue weighted by Crippen LogP contribution is 2.53. The van der Waals surface area contributed by atoms with Crippen LogP contribution in [0.15, 0.2) is 11.8 Å². The summed E-state index contributed by atoms with van der Waals surface area (Å²) < 4.78 is 35.4. The summed E-state index contributed by atoms with van der Waals surface area (Å²) in [6.07, 6.45) is 8.96. The van der Waals surface area contributed by atoms with E-state index in [0.29, 0.717) is 31.0 Å². The van der Waals surface area contributed by atoms with Gasteiger partial charge in [-0.2, -0.15) is 0 Å². The Morgan fingerprint density at radius 3 is 2.64 bits per heavy atom. The van der Waals surface area contributed by atoms with E-state index in [1.54, 1.807) is 0 Å². The maximum Gasteiger partial charge on any atom is 0.256 e. The average molecular weight is 616 g/mol. The lowest BCUT2D eigenvalue weighted by molar-refractivity contribution is -0.220. The van der Waals surface area contributed by atoms with Gasteiger partial charge in [0.2, 0.25) is 0 Å². The molecule has 3 N–H and O–H groups in total. The SMILES string of the molecule is NC1CCN(C2C(F)CC3C(=O)C(C(=O)NCCCN4CCOCC4)=CN4C5CC6OC7CCCCC7C6CC5OC2C34)C1. The van der Waals surface area contributed by atoms with E-state index in [9.17, 15) is 9.59 Å². The van der Waals surface area contributed by atoms with Crippen LogP contribution in [0.1, 0.15) is 57.8 Å². The van der Waals surface area contributed by atoms with Crippen LogP contribution in [0.5, 0.6) is 0 Å². The zero-order valence-electron chi connectivity index (χ0n) is 25.9. The first-order chi connectivity index (χ1) is 21.5. The third kappa shape index (κ3) is 5.23. The van der Waals surface area contributed by atoms with Crippen molar-refractivity contribution in [3.8, 4) is 0 Å². The number of carbonyl (C=O) groups is 2. The van der Waals surface area contributed by atoms with Gasteiger partial charge in [-0.05, 0) is 63.3 Å². The van der Waals surface area contributed by atoms with Gasteiger partial charge in [-0.25, -0.2) is 4.39 Å². The number of likely N-dealkylation sites (tertiary alicyclic amines) is 1. The maximum absolute atomic E-state index is 16.3. The van der Waals surface area contributed by atoms with E-state index in [4.69, 9.17) is 19.9 Å². The molecule has 0 bridgehead atoms. The molecule has 5 heterocycles. The molecule has 0 aromatic heterocycles. The third-order valence-corrected chi connectivity index (χ3v) is 12.4. The van der Waals surface area contributed by atoms with Gasteiger partial charge in [0.25, 0.3) is 5.91 Å². The summed E-state index contributed by atoms with van der Waals surface area (Å²) in [5.74, 6) is -0.141. The van der Waals surface area contributed by atoms with Gasteiger partial charge in [0.1, 0.15) is 6.17 Å². The number of morpholine rings is 2. The van der Waals surface area contributed by atoms with Crippen molar-refractivity contribution < 1.29 is 28.2 Å². The van der Waals surface area contributed by atoms with Crippen LogP contribution in [0.2, 0.25) is 0 Å². The molecular formula is C33H50FN5O5. The Morgan fingerprint density at radius 2 is 1.82 bits per heavy atom. The summed E-state index contributed by atoms with van der Waals surface area (Å²) in [5.41, 5.74) is 6.46. The fourth-order valence-corrected chi connectivity index (χ4v) is 10.3. The Hall–Kier alpha value is -1.63. The van der Waals surface area contributed by atoms with E-state index in [0.717, 1.165) is 71.5 Å². The lowest BCUT2D eigenvalue weighted by Crippen LogP contribution is -2.73. The van der Waals surface area contributed by atoms with Crippen LogP contribution >= 0.6 is 0 Å². The first kappa shape index (κ1) is 29.8. The van der Waals surface area contributed by atoms with Crippen molar-refractivity contribution in [2.75, 3.05) is 52.5 Å². The Kier molecular flexibility index (Phi) is 8.24. The van der Waals surface area contributed by atoms with E-state index >= 15 is 4.39 Å². The van der Waals surface area contributed by atoms with Crippen molar-refractivity contribution in [3.63, 3.8) is 0 Å². The second-order valence-electron chi connectivity index (χ2n) is 14.8. The number of amides is 1. The molecule has 0 spiro atoms. The molecule has 0 aromatic rings. The number of alkyl halides is 1. The van der Waals surface area contributed by atoms with Gasteiger partial charge in [-0.15, -0.1) is 0 Å². The van der Waals surface area contributed by atoms with Gasteiger partial charge in [0, 0.05) is 50.9 Å². The molecule has 3 saturated carbocycles. The highest BCUT2D eigenvalue weighted by atomic mass is 19.1. The summed E-state index contributed by atoms with van der Waals surface area (Å²) in [7, 11) is 0. The zero-order chi connectivity index (χ0) is 29.9. The van der Waals surface area contributed by atoms with Gasteiger partial charge < -0.3 is 30.2 Å². The molecule has 3 aliphatic carbocycles. The highest BCUT2D eigenvalue weighted by molar-refractivity contribution is 6.20. The maximum atomic E-state index is 16.3. The normalized spacial score (nSPS) is 45.6. The minimum Gasteiger partial charge on any atom is -0.379 e. The number of rotatable bonds is 6. The molecule has 7 fully saturated rings. The number of ether oxygens (including phenoxy) is 3. The topological polar surface area (TPSA) is 110 Å². The molecule has 11 heteroatoms. The van der Waals surface area contributed by atoms with Crippen LogP contribution in [0.3, 0.4) is 0 Å². The first-order valence-corrected chi connectivity index (χ1v) is 17.5. The second-order valence-corrected chi connectivity index (χ2v) is 14.8. The van der Waals surface area contributed by atoms with Crippen LogP contribution in [-0.4, -0.2) is 134 Å². The van der Waals surface area contributed by atoms with E-state index < -0.39 is 24.2 Å². The number of halogens is 1. The number of Topliss-reactive ketones (excluding diaryl/α,β-unsaturated/α-hetero) is 1. The monoisotopic (exact) mass is 615 g/mol. The lowest BCUT2D eigenvalue weighted by Gasteiger charge is -2.61. The standard InChI is InChI=1S/C33H50FN5O5/c34-24-14-22-29-32(30(24)38-9-6-19(35)17-38)44-28-15-21-20-4-1-2-5-26(20)43-27(21)16-25(28)39(29)18-23(31(22)40)33(41)36-7-3-8-37-10-12-42-13-11-37/h18-22,24-30,32H,1-17,35H2,(H,36,41). The fourth-order valence-electron chi connectivity index (χ4n) is 10.3. The Morgan fingerprint density at radius 1 is 0.977 bits per heavy atom. The molecule has 5 aliphatic heterocycles. The predicted molar refractivity (Wildman–Crippen MR) is 160 cm³/mol. The van der Waals surface area contributed by atoms with E-state index in [1.165, 1.54) is 19.3 Å². The molecule has 4 saturated heterocycles. The van der Waals surface area contributed by atoms with Crippen LogP contribution in [0.4, 0.5) is 4.39 Å². The van der Waals surface area contributed by atoms with Gasteiger partial charge in [-0.3, -0.25) is 19.4 Å². The third-order valence-electron chi connectivity index (χ3n) is 12.4. The van der Waals surface area contributed by atoms with Gasteiger partial charge >= 0.3 is 0 Å². The Balaban J connectivity index is 1.05. The molecule has 1 amide bonds. The molecule has 12 atom stereocenters. The summed E-state index contributed by atoms with van der Waals surface area (Å²) >= 11 is 0. The summed E-state index contributed by atoms with van der Waals surface area (Å²) in [4.78, 5) is 34.4. The van der Waals surface area contributed by atoms with E-state index in [2.05, 4.69) is 20.0 Å². The van der Waals surface area contributed by atoms with E-state index in [1.807, 2.05) is 6.20 Å². The smallest absolute Gasteiger partial charge is 0.256 e. The molecule has 12 unspecified atom stereocenters. The first-order valence-electron chi connectivity index (χ1n) is 17.5. The van der Waals surface area contributed by atoms with Gasteiger partial charge in [0.05, 0.1) is 61.3 Å². The zero-order valence-corrected chi connectivity index (χ0v) is 25.9. The fraction of sp³-hybridized carbons (Fsp3) is 0.879. The van der Waals surface area contributed by atoms with E-state index in [-0.39, 0.29) is 54.0 Å². The number of nitrogens with one attached hydrogen (secondary N) is 1. The number of nitrogens with two attached hydrogens (primary N) is 1. The molecule has 0 radical (unpaired) electrons. The number of hydrogen-bond acceptors (Lipinski definition) is 9. The predicted octanol–water partition coefficient (Wildman–Crippen LogP) is 1.23. The number of ketones is 1. The Labute approximate surface area is 260 Å².